The van der Waals surface area contributed by atoms with Crippen molar-refractivity contribution in [2.45, 2.75) is 38.7 Å². The van der Waals surface area contributed by atoms with Gasteiger partial charge in [-0.1, -0.05) is 13.3 Å². The molecular formula is C12H26N2O. The second-order valence-corrected chi connectivity index (χ2v) is 4.36. The van der Waals surface area contributed by atoms with E-state index in [1.165, 1.54) is 32.4 Å². The average molecular weight is 214 g/mol. The molecule has 0 aliphatic carbocycles. The number of piperidine rings is 1. The first-order valence-corrected chi connectivity index (χ1v) is 6.35. The van der Waals surface area contributed by atoms with Crippen molar-refractivity contribution in [3.8, 4) is 0 Å². The lowest BCUT2D eigenvalue weighted by molar-refractivity contribution is 0.0337. The van der Waals surface area contributed by atoms with Gasteiger partial charge in [0.15, 0.2) is 0 Å². The van der Waals surface area contributed by atoms with E-state index < -0.39 is 0 Å². The molecule has 0 radical (unpaired) electrons. The van der Waals surface area contributed by atoms with Gasteiger partial charge in [-0.2, -0.15) is 0 Å². The summed E-state index contributed by atoms with van der Waals surface area (Å²) in [6.07, 6.45) is 5.64. The Morgan fingerprint density at radius 1 is 1.27 bits per heavy atom. The highest BCUT2D eigenvalue weighted by molar-refractivity contribution is 4.65. The number of nitrogens with one attached hydrogen (secondary N) is 1. The van der Waals surface area contributed by atoms with Gasteiger partial charge in [-0.05, 0) is 39.4 Å². The standard InChI is InChI=1S/C12H26N2O/c1-3-12(11-13-2)15-10-9-14-7-5-4-6-8-14/h12-13H,3-11H2,1-2H3. The molecule has 0 saturated carbocycles. The number of hydrogen-bond donors (Lipinski definition) is 1. The summed E-state index contributed by atoms with van der Waals surface area (Å²) in [4.78, 5) is 2.52. The molecule has 1 heterocycles. The monoisotopic (exact) mass is 214 g/mol. The minimum atomic E-state index is 0.389. The number of likely N-dealkylation sites (N-methyl/N-ethyl adjacent to an activating group) is 1. The fourth-order valence-electron chi connectivity index (χ4n) is 2.08. The van der Waals surface area contributed by atoms with E-state index in [2.05, 4.69) is 17.1 Å². The fraction of sp³-hybridized carbons (Fsp3) is 1.00. The first-order valence-electron chi connectivity index (χ1n) is 6.35. The maximum Gasteiger partial charge on any atom is 0.0697 e. The van der Waals surface area contributed by atoms with Crippen LogP contribution < -0.4 is 5.32 Å². The third kappa shape index (κ3) is 5.50. The molecule has 1 atom stereocenters. The smallest absolute Gasteiger partial charge is 0.0697 e. The van der Waals surface area contributed by atoms with Crippen LogP contribution in [0.1, 0.15) is 32.6 Å². The summed E-state index contributed by atoms with van der Waals surface area (Å²) in [5.74, 6) is 0. The van der Waals surface area contributed by atoms with Crippen LogP contribution in [0.4, 0.5) is 0 Å². The predicted molar refractivity (Wildman–Crippen MR) is 64.2 cm³/mol. The molecule has 1 fully saturated rings. The van der Waals surface area contributed by atoms with Gasteiger partial charge in [0.25, 0.3) is 0 Å². The SMILES string of the molecule is CCC(CNC)OCCN1CCCCC1. The van der Waals surface area contributed by atoms with Crippen molar-refractivity contribution < 1.29 is 4.74 Å². The van der Waals surface area contributed by atoms with Gasteiger partial charge in [0.05, 0.1) is 12.7 Å². The lowest BCUT2D eigenvalue weighted by Gasteiger charge is -2.27. The zero-order chi connectivity index (χ0) is 10.9. The van der Waals surface area contributed by atoms with Gasteiger partial charge >= 0.3 is 0 Å². The van der Waals surface area contributed by atoms with Crippen molar-refractivity contribution in [2.75, 3.05) is 39.8 Å². The fourth-order valence-corrected chi connectivity index (χ4v) is 2.08. The van der Waals surface area contributed by atoms with Crippen LogP contribution in [0.2, 0.25) is 0 Å². The topological polar surface area (TPSA) is 24.5 Å². The molecule has 1 rings (SSSR count). The van der Waals surface area contributed by atoms with Gasteiger partial charge in [-0.25, -0.2) is 0 Å². The van der Waals surface area contributed by atoms with Gasteiger partial charge in [0.1, 0.15) is 0 Å². The maximum absolute atomic E-state index is 5.83. The van der Waals surface area contributed by atoms with Crippen molar-refractivity contribution >= 4 is 0 Å². The zero-order valence-corrected chi connectivity index (χ0v) is 10.3. The molecule has 1 unspecified atom stereocenters. The molecule has 1 aliphatic heterocycles. The summed E-state index contributed by atoms with van der Waals surface area (Å²) in [7, 11) is 1.98. The van der Waals surface area contributed by atoms with Crippen molar-refractivity contribution in [1.82, 2.24) is 10.2 Å². The molecule has 0 aromatic heterocycles. The molecule has 3 heteroatoms. The summed E-state index contributed by atoms with van der Waals surface area (Å²) < 4.78 is 5.83. The van der Waals surface area contributed by atoms with Gasteiger partial charge in [-0.15, -0.1) is 0 Å². The Balaban J connectivity index is 2.03. The minimum absolute atomic E-state index is 0.389. The summed E-state index contributed by atoms with van der Waals surface area (Å²) in [6.45, 7) is 7.69. The Kier molecular flexibility index (Phi) is 6.98. The van der Waals surface area contributed by atoms with Crippen LogP contribution in [0, 0.1) is 0 Å². The van der Waals surface area contributed by atoms with E-state index in [-0.39, 0.29) is 0 Å². The Bertz CT molecular complexity index is 142. The minimum Gasteiger partial charge on any atom is -0.376 e. The summed E-state index contributed by atoms with van der Waals surface area (Å²) >= 11 is 0. The van der Waals surface area contributed by atoms with E-state index in [0.717, 1.165) is 26.1 Å². The normalized spacial score (nSPS) is 20.4. The first-order chi connectivity index (χ1) is 7.36. The molecule has 1 saturated heterocycles. The Morgan fingerprint density at radius 2 is 2.00 bits per heavy atom. The van der Waals surface area contributed by atoms with Gasteiger partial charge in [0.2, 0.25) is 0 Å². The van der Waals surface area contributed by atoms with Crippen LogP contribution in [0.25, 0.3) is 0 Å². The molecule has 0 amide bonds. The predicted octanol–water partition coefficient (Wildman–Crippen LogP) is 1.49. The molecule has 0 spiro atoms. The van der Waals surface area contributed by atoms with E-state index in [4.69, 9.17) is 4.74 Å². The third-order valence-electron chi connectivity index (χ3n) is 3.10. The Labute approximate surface area is 94.2 Å². The van der Waals surface area contributed by atoms with E-state index in [9.17, 15) is 0 Å². The number of nitrogens with zero attached hydrogens (tertiary/aromatic N) is 1. The van der Waals surface area contributed by atoms with E-state index in [1.54, 1.807) is 0 Å². The number of ether oxygens (including phenoxy) is 1. The van der Waals surface area contributed by atoms with Crippen molar-refractivity contribution in [3.63, 3.8) is 0 Å². The average Bonchev–Trinajstić information content (AvgIpc) is 2.29. The number of rotatable bonds is 7. The number of likely N-dealkylation sites (tertiary alicyclic amines) is 1. The molecule has 90 valence electrons. The van der Waals surface area contributed by atoms with Crippen molar-refractivity contribution in [1.29, 1.82) is 0 Å². The van der Waals surface area contributed by atoms with E-state index >= 15 is 0 Å². The Hall–Kier alpha value is -0.120. The van der Waals surface area contributed by atoms with Gasteiger partial charge < -0.3 is 15.0 Å². The molecule has 0 aromatic carbocycles. The summed E-state index contributed by atoms with van der Waals surface area (Å²) in [5.41, 5.74) is 0. The molecule has 15 heavy (non-hydrogen) atoms. The summed E-state index contributed by atoms with van der Waals surface area (Å²) in [6, 6.07) is 0. The van der Waals surface area contributed by atoms with Crippen LogP contribution in [0.3, 0.4) is 0 Å². The maximum atomic E-state index is 5.83. The largest absolute Gasteiger partial charge is 0.376 e. The van der Waals surface area contributed by atoms with Crippen LogP contribution in [0.5, 0.6) is 0 Å². The molecular weight excluding hydrogens is 188 g/mol. The lowest BCUT2D eigenvalue weighted by atomic mass is 10.1. The van der Waals surface area contributed by atoms with Crippen LogP contribution in [-0.2, 0) is 4.74 Å². The van der Waals surface area contributed by atoms with Crippen LogP contribution in [0.15, 0.2) is 0 Å². The molecule has 1 aliphatic rings. The highest BCUT2D eigenvalue weighted by atomic mass is 16.5. The van der Waals surface area contributed by atoms with E-state index in [0.29, 0.717) is 6.10 Å². The van der Waals surface area contributed by atoms with Gasteiger partial charge in [-0.3, -0.25) is 0 Å². The van der Waals surface area contributed by atoms with Crippen LogP contribution >= 0.6 is 0 Å². The first kappa shape index (κ1) is 12.9. The molecule has 0 aromatic rings. The van der Waals surface area contributed by atoms with Crippen LogP contribution in [-0.4, -0.2) is 50.8 Å². The lowest BCUT2D eigenvalue weighted by Crippen LogP contribution is -2.34. The second-order valence-electron chi connectivity index (χ2n) is 4.36. The van der Waals surface area contributed by atoms with Crippen molar-refractivity contribution in [2.24, 2.45) is 0 Å². The highest BCUT2D eigenvalue weighted by Gasteiger charge is 2.10. The quantitative estimate of drug-likeness (QED) is 0.695. The summed E-state index contributed by atoms with van der Waals surface area (Å²) in [5, 5.41) is 3.17. The molecule has 1 N–H and O–H groups in total. The Morgan fingerprint density at radius 3 is 2.60 bits per heavy atom. The molecule has 3 nitrogen and oxygen atoms in total. The highest BCUT2D eigenvalue weighted by Crippen LogP contribution is 2.08. The van der Waals surface area contributed by atoms with Crippen molar-refractivity contribution in [3.05, 3.63) is 0 Å². The second kappa shape index (κ2) is 8.08. The van der Waals surface area contributed by atoms with Gasteiger partial charge in [0, 0.05) is 13.1 Å². The zero-order valence-electron chi connectivity index (χ0n) is 10.3. The van der Waals surface area contributed by atoms with E-state index in [1.807, 2.05) is 7.05 Å². The number of hydrogen-bond acceptors (Lipinski definition) is 3. The molecule has 0 bridgehead atoms. The third-order valence-corrected chi connectivity index (χ3v) is 3.10.